The molecular weight excluding hydrogens is 345 g/mol. The predicted molar refractivity (Wildman–Crippen MR) is 103 cm³/mol. The van der Waals surface area contributed by atoms with Crippen LogP contribution in [0.5, 0.6) is 0 Å². The largest absolute Gasteiger partial charge is 0.376 e. The minimum atomic E-state index is -0.304. The quantitative estimate of drug-likeness (QED) is 0.823. The minimum Gasteiger partial charge on any atom is -0.376 e. The van der Waals surface area contributed by atoms with Crippen molar-refractivity contribution < 1.29 is 14.0 Å². The Balaban J connectivity index is 1.60. The number of nitrogens with one attached hydrogen (secondary N) is 2. The number of hydrogen-bond acceptors (Lipinski definition) is 3. The van der Waals surface area contributed by atoms with Gasteiger partial charge in [-0.15, -0.1) is 0 Å². The molecule has 5 nitrogen and oxygen atoms in total. The summed E-state index contributed by atoms with van der Waals surface area (Å²) in [6.07, 6.45) is 2.07. The second kappa shape index (κ2) is 8.66. The molecule has 6 heteroatoms. The molecule has 0 bridgehead atoms. The lowest BCUT2D eigenvalue weighted by molar-refractivity contribution is -0.119. The van der Waals surface area contributed by atoms with Gasteiger partial charge < -0.3 is 15.5 Å². The van der Waals surface area contributed by atoms with E-state index in [9.17, 15) is 14.0 Å². The van der Waals surface area contributed by atoms with Gasteiger partial charge in [0.2, 0.25) is 5.91 Å². The van der Waals surface area contributed by atoms with Gasteiger partial charge in [-0.3, -0.25) is 9.59 Å². The number of carbonyl (C=O) groups is 2. The van der Waals surface area contributed by atoms with Crippen LogP contribution >= 0.6 is 0 Å². The number of aryl methyl sites for hydroxylation is 1. The van der Waals surface area contributed by atoms with Gasteiger partial charge in [-0.1, -0.05) is 24.3 Å². The van der Waals surface area contributed by atoms with E-state index in [-0.39, 0.29) is 24.2 Å². The third-order valence-corrected chi connectivity index (χ3v) is 4.72. The highest BCUT2D eigenvalue weighted by atomic mass is 19.1. The first kappa shape index (κ1) is 18.9. The predicted octanol–water partition coefficient (Wildman–Crippen LogP) is 3.10. The first-order valence-corrected chi connectivity index (χ1v) is 9.18. The van der Waals surface area contributed by atoms with Gasteiger partial charge in [0.05, 0.1) is 12.1 Å². The van der Waals surface area contributed by atoms with Crippen molar-refractivity contribution >= 4 is 17.5 Å². The molecule has 1 aliphatic heterocycles. The summed E-state index contributed by atoms with van der Waals surface area (Å²) in [4.78, 5) is 26.8. The molecule has 0 aliphatic carbocycles. The van der Waals surface area contributed by atoms with Crippen LogP contribution in [0, 0.1) is 12.7 Å². The van der Waals surface area contributed by atoms with Crippen molar-refractivity contribution in [1.82, 2.24) is 10.2 Å². The van der Waals surface area contributed by atoms with Crippen molar-refractivity contribution in [3.63, 3.8) is 0 Å². The van der Waals surface area contributed by atoms with Crippen molar-refractivity contribution in [2.24, 2.45) is 0 Å². The molecule has 3 rings (SSSR count). The second-order valence-electron chi connectivity index (χ2n) is 6.75. The summed E-state index contributed by atoms with van der Waals surface area (Å²) in [7, 11) is 0. The second-order valence-corrected chi connectivity index (χ2v) is 6.75. The topological polar surface area (TPSA) is 61.4 Å². The van der Waals surface area contributed by atoms with E-state index in [0.717, 1.165) is 37.1 Å². The summed E-state index contributed by atoms with van der Waals surface area (Å²) in [5, 5.41) is 5.87. The lowest BCUT2D eigenvalue weighted by Crippen LogP contribution is -2.31. The Morgan fingerprint density at radius 1 is 1.07 bits per heavy atom. The average molecular weight is 369 g/mol. The van der Waals surface area contributed by atoms with Gasteiger partial charge in [0.1, 0.15) is 5.82 Å². The maximum atomic E-state index is 12.9. The molecule has 0 aromatic heterocycles. The highest BCUT2D eigenvalue weighted by molar-refractivity contribution is 6.01. The van der Waals surface area contributed by atoms with Crippen LogP contribution < -0.4 is 10.6 Å². The van der Waals surface area contributed by atoms with Crippen LogP contribution in [-0.4, -0.2) is 36.3 Å². The lowest BCUT2D eigenvalue weighted by Gasteiger charge is -2.20. The number of hydrogen-bond donors (Lipinski definition) is 2. The number of carbonyl (C=O) groups excluding carboxylic acids is 2. The van der Waals surface area contributed by atoms with Crippen molar-refractivity contribution in [3.8, 4) is 0 Å². The Morgan fingerprint density at radius 2 is 1.78 bits per heavy atom. The Morgan fingerprint density at radius 3 is 2.48 bits per heavy atom. The number of rotatable bonds is 6. The molecule has 0 unspecified atom stereocenters. The van der Waals surface area contributed by atoms with Gasteiger partial charge in [0.25, 0.3) is 5.91 Å². The van der Waals surface area contributed by atoms with Gasteiger partial charge in [0.15, 0.2) is 0 Å². The molecule has 1 saturated heterocycles. The average Bonchev–Trinajstić information content (AvgIpc) is 3.20. The first-order valence-electron chi connectivity index (χ1n) is 9.18. The molecule has 142 valence electrons. The highest BCUT2D eigenvalue weighted by Gasteiger charge is 2.23. The zero-order valence-electron chi connectivity index (χ0n) is 15.4. The Kier molecular flexibility index (Phi) is 6.06. The molecule has 2 N–H and O–H groups in total. The Hall–Kier alpha value is -2.89. The fourth-order valence-electron chi connectivity index (χ4n) is 3.22. The van der Waals surface area contributed by atoms with Gasteiger partial charge in [-0.05, 0) is 49.1 Å². The number of benzene rings is 2. The summed E-state index contributed by atoms with van der Waals surface area (Å²) in [6.45, 7) is 3.86. The molecule has 2 aromatic rings. The summed E-state index contributed by atoms with van der Waals surface area (Å²) < 4.78 is 12.9. The Labute approximate surface area is 158 Å². The minimum absolute atomic E-state index is 0.0137. The van der Waals surface area contributed by atoms with Gasteiger partial charge in [0, 0.05) is 25.3 Å². The van der Waals surface area contributed by atoms with E-state index < -0.39 is 0 Å². The van der Waals surface area contributed by atoms with E-state index in [2.05, 4.69) is 10.6 Å². The van der Waals surface area contributed by atoms with E-state index in [1.54, 1.807) is 12.1 Å². The molecule has 1 fully saturated rings. The zero-order valence-corrected chi connectivity index (χ0v) is 15.4. The van der Waals surface area contributed by atoms with Crippen molar-refractivity contribution in [2.75, 3.05) is 25.0 Å². The molecular formula is C21H24FN3O2. The molecule has 1 heterocycles. The standard InChI is InChI=1S/C21H24FN3O2/c1-15-5-4-6-18(20(15)21(27)25-11-2-3-12-25)23-14-19(26)24-13-16-7-9-17(22)10-8-16/h4-10,23H,2-3,11-14H2,1H3,(H,24,26). The van der Waals surface area contributed by atoms with E-state index >= 15 is 0 Å². The van der Waals surface area contributed by atoms with E-state index in [1.807, 2.05) is 30.0 Å². The molecule has 2 aromatic carbocycles. The molecule has 27 heavy (non-hydrogen) atoms. The van der Waals surface area contributed by atoms with E-state index in [1.165, 1.54) is 12.1 Å². The molecule has 0 saturated carbocycles. The fourth-order valence-corrected chi connectivity index (χ4v) is 3.22. The van der Waals surface area contributed by atoms with Gasteiger partial charge in [-0.2, -0.15) is 0 Å². The lowest BCUT2D eigenvalue weighted by atomic mass is 10.0. The third kappa shape index (κ3) is 4.84. The highest BCUT2D eigenvalue weighted by Crippen LogP contribution is 2.23. The van der Waals surface area contributed by atoms with E-state index in [4.69, 9.17) is 0 Å². The number of halogens is 1. The summed E-state index contributed by atoms with van der Waals surface area (Å²) in [5.41, 5.74) is 3.02. The van der Waals surface area contributed by atoms with Crippen molar-refractivity contribution in [1.29, 1.82) is 0 Å². The van der Waals surface area contributed by atoms with Crippen LogP contribution in [0.4, 0.5) is 10.1 Å². The zero-order chi connectivity index (χ0) is 19.2. The molecule has 0 spiro atoms. The number of anilines is 1. The van der Waals surface area contributed by atoms with Crippen LogP contribution in [0.3, 0.4) is 0 Å². The number of amides is 2. The van der Waals surface area contributed by atoms with Crippen molar-refractivity contribution in [3.05, 3.63) is 65.0 Å². The van der Waals surface area contributed by atoms with Crippen molar-refractivity contribution in [2.45, 2.75) is 26.3 Å². The van der Waals surface area contributed by atoms with Crippen LogP contribution in [-0.2, 0) is 11.3 Å². The van der Waals surface area contributed by atoms with Crippen LogP contribution in [0.2, 0.25) is 0 Å². The normalized spacial score (nSPS) is 13.5. The summed E-state index contributed by atoms with van der Waals surface area (Å²) in [5.74, 6) is -0.485. The smallest absolute Gasteiger partial charge is 0.256 e. The van der Waals surface area contributed by atoms with Crippen LogP contribution in [0.15, 0.2) is 42.5 Å². The molecule has 1 aliphatic rings. The monoisotopic (exact) mass is 369 g/mol. The molecule has 0 atom stereocenters. The van der Waals surface area contributed by atoms with Gasteiger partial charge in [-0.25, -0.2) is 4.39 Å². The summed E-state index contributed by atoms with van der Waals surface area (Å²) >= 11 is 0. The SMILES string of the molecule is Cc1cccc(NCC(=O)NCc2ccc(F)cc2)c1C(=O)N1CCCC1. The van der Waals surface area contributed by atoms with Crippen LogP contribution in [0.25, 0.3) is 0 Å². The molecule has 2 amide bonds. The van der Waals surface area contributed by atoms with Gasteiger partial charge >= 0.3 is 0 Å². The maximum Gasteiger partial charge on any atom is 0.256 e. The number of nitrogens with zero attached hydrogens (tertiary/aromatic N) is 1. The fraction of sp³-hybridized carbons (Fsp3) is 0.333. The van der Waals surface area contributed by atoms with Crippen LogP contribution in [0.1, 0.15) is 34.3 Å². The number of likely N-dealkylation sites (tertiary alicyclic amines) is 1. The van der Waals surface area contributed by atoms with E-state index in [0.29, 0.717) is 17.8 Å². The maximum absolute atomic E-state index is 12.9. The molecule has 0 radical (unpaired) electrons. The third-order valence-electron chi connectivity index (χ3n) is 4.72. The first-order chi connectivity index (χ1) is 13.0. The summed E-state index contributed by atoms with van der Waals surface area (Å²) in [6, 6.07) is 11.6. The Bertz CT molecular complexity index is 815.